The molecule has 1 rings (SSSR count). The van der Waals surface area contributed by atoms with E-state index in [1.807, 2.05) is 0 Å². The Morgan fingerprint density at radius 1 is 1.38 bits per heavy atom. The highest BCUT2D eigenvalue weighted by molar-refractivity contribution is 7.90. The summed E-state index contributed by atoms with van der Waals surface area (Å²) in [5.41, 5.74) is 0.322. The largest absolute Gasteiger partial charge is 0.339 e. The van der Waals surface area contributed by atoms with Gasteiger partial charge in [-0.2, -0.15) is 5.26 Å². The van der Waals surface area contributed by atoms with Crippen molar-refractivity contribution in [2.24, 2.45) is 0 Å². The molecule has 0 bridgehead atoms. The molecule has 5 nitrogen and oxygen atoms in total. The third-order valence-electron chi connectivity index (χ3n) is 1.87. The fourth-order valence-electron chi connectivity index (χ4n) is 1.08. The standard InChI is InChI=1S/C10H10N2O3S/c1-16(14,15)9-4-2-8(3-5-9)10(13)12-7-6-11/h2-5H,7H2,1H3,(H,12,13). The molecule has 1 amide bonds. The summed E-state index contributed by atoms with van der Waals surface area (Å²) in [6.45, 7) is -0.0767. The van der Waals surface area contributed by atoms with Gasteiger partial charge in [0.2, 0.25) is 0 Å². The van der Waals surface area contributed by atoms with Crippen LogP contribution in [0.1, 0.15) is 10.4 Å². The molecule has 1 N–H and O–H groups in total. The molecule has 0 aliphatic rings. The maximum Gasteiger partial charge on any atom is 0.252 e. The van der Waals surface area contributed by atoms with E-state index in [1.165, 1.54) is 24.3 Å². The number of rotatable bonds is 3. The van der Waals surface area contributed by atoms with Crippen LogP contribution in [0.2, 0.25) is 0 Å². The molecule has 0 atom stereocenters. The molecular weight excluding hydrogens is 228 g/mol. The van der Waals surface area contributed by atoms with Gasteiger partial charge in [-0.1, -0.05) is 0 Å². The van der Waals surface area contributed by atoms with E-state index in [9.17, 15) is 13.2 Å². The number of carbonyl (C=O) groups is 1. The minimum atomic E-state index is -3.25. The van der Waals surface area contributed by atoms with Gasteiger partial charge in [0.25, 0.3) is 5.91 Å². The Hall–Kier alpha value is -1.87. The molecule has 0 spiro atoms. The Balaban J connectivity index is 2.88. The summed E-state index contributed by atoms with van der Waals surface area (Å²) in [5, 5.41) is 10.6. The molecule has 1 aromatic rings. The second kappa shape index (κ2) is 4.77. The smallest absolute Gasteiger partial charge is 0.252 e. The van der Waals surface area contributed by atoms with Crippen molar-refractivity contribution in [3.8, 4) is 6.07 Å². The van der Waals surface area contributed by atoms with Crippen molar-refractivity contribution >= 4 is 15.7 Å². The van der Waals surface area contributed by atoms with E-state index >= 15 is 0 Å². The van der Waals surface area contributed by atoms with Gasteiger partial charge in [-0.05, 0) is 24.3 Å². The van der Waals surface area contributed by atoms with E-state index in [4.69, 9.17) is 5.26 Å². The summed E-state index contributed by atoms with van der Waals surface area (Å²) in [6.07, 6.45) is 1.09. The molecule has 0 heterocycles. The molecular formula is C10H10N2O3S. The molecule has 6 heteroatoms. The predicted molar refractivity (Wildman–Crippen MR) is 57.5 cm³/mol. The first-order valence-electron chi connectivity index (χ1n) is 4.40. The number of sulfone groups is 1. The molecule has 0 aliphatic carbocycles. The lowest BCUT2D eigenvalue weighted by Gasteiger charge is -2.02. The lowest BCUT2D eigenvalue weighted by Crippen LogP contribution is -2.23. The van der Waals surface area contributed by atoms with Crippen LogP contribution in [0.25, 0.3) is 0 Å². The van der Waals surface area contributed by atoms with Crippen LogP contribution in [0.4, 0.5) is 0 Å². The van der Waals surface area contributed by atoms with Crippen LogP contribution in [0, 0.1) is 11.3 Å². The number of hydrogen-bond acceptors (Lipinski definition) is 4. The normalized spacial score (nSPS) is 10.5. The Kier molecular flexibility index (Phi) is 3.64. The third kappa shape index (κ3) is 3.07. The van der Waals surface area contributed by atoms with E-state index in [-0.39, 0.29) is 11.4 Å². The number of hydrogen-bond donors (Lipinski definition) is 1. The Morgan fingerprint density at radius 3 is 2.38 bits per heavy atom. The summed E-state index contributed by atoms with van der Waals surface area (Å²) >= 11 is 0. The average Bonchev–Trinajstić information content (AvgIpc) is 2.25. The quantitative estimate of drug-likeness (QED) is 0.769. The van der Waals surface area contributed by atoms with E-state index in [0.717, 1.165) is 6.26 Å². The Bertz CT molecular complexity index is 526. The fraction of sp³-hybridized carbons (Fsp3) is 0.200. The van der Waals surface area contributed by atoms with Gasteiger partial charge in [-0.15, -0.1) is 0 Å². The lowest BCUT2D eigenvalue weighted by atomic mass is 10.2. The van der Waals surface area contributed by atoms with Gasteiger partial charge in [-0.3, -0.25) is 4.79 Å². The second-order valence-electron chi connectivity index (χ2n) is 3.14. The summed E-state index contributed by atoms with van der Waals surface area (Å²) in [7, 11) is -3.25. The molecule has 0 saturated heterocycles. The Morgan fingerprint density at radius 2 is 1.94 bits per heavy atom. The zero-order chi connectivity index (χ0) is 12.2. The van der Waals surface area contributed by atoms with Crippen molar-refractivity contribution in [2.45, 2.75) is 4.90 Å². The number of nitrogens with zero attached hydrogens (tertiary/aromatic N) is 1. The van der Waals surface area contributed by atoms with Crippen LogP contribution in [0.15, 0.2) is 29.2 Å². The topological polar surface area (TPSA) is 87.0 Å². The first kappa shape index (κ1) is 12.2. The number of benzene rings is 1. The second-order valence-corrected chi connectivity index (χ2v) is 5.15. The Labute approximate surface area is 93.6 Å². The number of nitriles is 1. The van der Waals surface area contributed by atoms with Gasteiger partial charge in [-0.25, -0.2) is 8.42 Å². The third-order valence-corrected chi connectivity index (χ3v) is 3.00. The molecule has 0 aromatic heterocycles. The molecule has 0 fully saturated rings. The van der Waals surface area contributed by atoms with Crippen molar-refractivity contribution in [3.63, 3.8) is 0 Å². The van der Waals surface area contributed by atoms with Crippen molar-refractivity contribution in [3.05, 3.63) is 29.8 Å². The molecule has 0 saturated carbocycles. The summed E-state index contributed by atoms with van der Waals surface area (Å²) < 4.78 is 22.3. The molecule has 16 heavy (non-hydrogen) atoms. The molecule has 0 aliphatic heterocycles. The monoisotopic (exact) mass is 238 g/mol. The first-order valence-corrected chi connectivity index (χ1v) is 6.29. The highest BCUT2D eigenvalue weighted by Crippen LogP contribution is 2.09. The summed E-state index contributed by atoms with van der Waals surface area (Å²) in [5.74, 6) is -0.401. The minimum Gasteiger partial charge on any atom is -0.339 e. The van der Waals surface area contributed by atoms with E-state index < -0.39 is 15.7 Å². The van der Waals surface area contributed by atoms with Crippen LogP contribution in [0.5, 0.6) is 0 Å². The van der Waals surface area contributed by atoms with E-state index in [0.29, 0.717) is 5.56 Å². The van der Waals surface area contributed by atoms with Gasteiger partial charge in [0, 0.05) is 11.8 Å². The van der Waals surface area contributed by atoms with E-state index in [2.05, 4.69) is 5.32 Å². The summed E-state index contributed by atoms with van der Waals surface area (Å²) in [6, 6.07) is 7.30. The van der Waals surface area contributed by atoms with Crippen LogP contribution < -0.4 is 5.32 Å². The van der Waals surface area contributed by atoms with Gasteiger partial charge < -0.3 is 5.32 Å². The predicted octanol–water partition coefficient (Wildman–Crippen LogP) is 0.343. The lowest BCUT2D eigenvalue weighted by molar-refractivity contribution is 0.0958. The number of carbonyl (C=O) groups excluding carboxylic acids is 1. The maximum absolute atomic E-state index is 11.4. The molecule has 84 valence electrons. The van der Waals surface area contributed by atoms with Crippen LogP contribution in [-0.2, 0) is 9.84 Å². The maximum atomic E-state index is 11.4. The minimum absolute atomic E-state index is 0.0767. The van der Waals surface area contributed by atoms with Gasteiger partial charge in [0.05, 0.1) is 11.0 Å². The first-order chi connectivity index (χ1) is 7.45. The van der Waals surface area contributed by atoms with Crippen molar-refractivity contribution < 1.29 is 13.2 Å². The van der Waals surface area contributed by atoms with E-state index in [1.54, 1.807) is 6.07 Å². The molecule has 1 aromatic carbocycles. The van der Waals surface area contributed by atoms with Gasteiger partial charge in [0.15, 0.2) is 9.84 Å². The van der Waals surface area contributed by atoms with Crippen molar-refractivity contribution in [1.29, 1.82) is 5.26 Å². The van der Waals surface area contributed by atoms with Gasteiger partial charge in [0.1, 0.15) is 6.54 Å². The zero-order valence-electron chi connectivity index (χ0n) is 8.60. The number of amides is 1. The molecule has 0 radical (unpaired) electrons. The van der Waals surface area contributed by atoms with Crippen molar-refractivity contribution in [2.75, 3.05) is 12.8 Å². The average molecular weight is 238 g/mol. The van der Waals surface area contributed by atoms with Crippen LogP contribution in [0.3, 0.4) is 0 Å². The van der Waals surface area contributed by atoms with Crippen LogP contribution >= 0.6 is 0 Å². The highest BCUT2D eigenvalue weighted by Gasteiger charge is 2.09. The van der Waals surface area contributed by atoms with Gasteiger partial charge >= 0.3 is 0 Å². The highest BCUT2D eigenvalue weighted by atomic mass is 32.2. The fourth-order valence-corrected chi connectivity index (χ4v) is 1.71. The van der Waals surface area contributed by atoms with Crippen LogP contribution in [-0.4, -0.2) is 27.1 Å². The summed E-state index contributed by atoms with van der Waals surface area (Å²) in [4.78, 5) is 11.5. The molecule has 0 unspecified atom stereocenters. The number of nitrogens with one attached hydrogen (secondary N) is 1. The zero-order valence-corrected chi connectivity index (χ0v) is 9.41. The SMILES string of the molecule is CS(=O)(=O)c1ccc(C(=O)NCC#N)cc1. The van der Waals surface area contributed by atoms with Crippen molar-refractivity contribution in [1.82, 2.24) is 5.32 Å².